The highest BCUT2D eigenvalue weighted by Crippen LogP contribution is 2.21. The molecule has 1 N–H and O–H groups in total. The van der Waals surface area contributed by atoms with E-state index in [1.54, 1.807) is 35.1 Å². The zero-order valence-electron chi connectivity index (χ0n) is 11.9. The topological polar surface area (TPSA) is 70.7 Å². The number of nitriles is 1. The summed E-state index contributed by atoms with van der Waals surface area (Å²) in [4.78, 5) is 12.5. The second-order valence-corrected chi connectivity index (χ2v) is 6.45. The number of thiophene rings is 1. The van der Waals surface area contributed by atoms with E-state index in [0.29, 0.717) is 21.3 Å². The predicted octanol–water partition coefficient (Wildman–Crippen LogP) is 3.39. The Morgan fingerprint density at radius 1 is 1.30 bits per heavy atom. The Balaban J connectivity index is 1.65. The minimum atomic E-state index is -0.159. The molecule has 5 nitrogen and oxygen atoms in total. The third-order valence-electron chi connectivity index (χ3n) is 3.15. The van der Waals surface area contributed by atoms with Crippen LogP contribution in [-0.4, -0.2) is 15.7 Å². The molecular formula is C16H11ClN4OS. The maximum absolute atomic E-state index is 12.0. The summed E-state index contributed by atoms with van der Waals surface area (Å²) < 4.78 is 2.29. The fourth-order valence-electron chi connectivity index (χ4n) is 1.99. The molecule has 0 saturated heterocycles. The first-order valence-corrected chi connectivity index (χ1v) is 7.93. The molecule has 0 spiro atoms. The lowest BCUT2D eigenvalue weighted by Crippen LogP contribution is -2.21. The standard InChI is InChI=1S/C16H11ClN4OS/c17-15-6-5-14(23-15)16(22)19-8-12-9-20-21(10-12)13-3-1-11(7-18)2-4-13/h1-6,9-10H,8H2,(H,19,22). The van der Waals surface area contributed by atoms with Gasteiger partial charge in [0.1, 0.15) is 0 Å². The van der Waals surface area contributed by atoms with Crippen LogP contribution < -0.4 is 5.32 Å². The van der Waals surface area contributed by atoms with Crippen LogP contribution in [0.2, 0.25) is 4.34 Å². The normalized spacial score (nSPS) is 10.3. The molecule has 7 heteroatoms. The molecule has 0 aliphatic rings. The number of nitrogens with one attached hydrogen (secondary N) is 1. The van der Waals surface area contributed by atoms with E-state index in [4.69, 9.17) is 16.9 Å². The van der Waals surface area contributed by atoms with Crippen molar-refractivity contribution >= 4 is 28.8 Å². The van der Waals surface area contributed by atoms with Crippen LogP contribution in [0, 0.1) is 11.3 Å². The van der Waals surface area contributed by atoms with Crippen LogP contribution in [-0.2, 0) is 6.54 Å². The van der Waals surface area contributed by atoms with Gasteiger partial charge in [-0.2, -0.15) is 10.4 Å². The zero-order valence-corrected chi connectivity index (χ0v) is 13.4. The van der Waals surface area contributed by atoms with E-state index in [1.807, 2.05) is 18.3 Å². The van der Waals surface area contributed by atoms with Gasteiger partial charge in [0.25, 0.3) is 5.91 Å². The maximum Gasteiger partial charge on any atom is 0.261 e. The molecule has 0 bridgehead atoms. The summed E-state index contributed by atoms with van der Waals surface area (Å²) in [5, 5.41) is 15.9. The van der Waals surface area contributed by atoms with Gasteiger partial charge >= 0.3 is 0 Å². The Labute approximate surface area is 141 Å². The lowest BCUT2D eigenvalue weighted by atomic mass is 10.2. The van der Waals surface area contributed by atoms with Crippen molar-refractivity contribution in [2.45, 2.75) is 6.54 Å². The Morgan fingerprint density at radius 3 is 2.74 bits per heavy atom. The monoisotopic (exact) mass is 342 g/mol. The van der Waals surface area contributed by atoms with E-state index in [1.165, 1.54) is 11.3 Å². The summed E-state index contributed by atoms with van der Waals surface area (Å²) in [6.07, 6.45) is 3.53. The van der Waals surface area contributed by atoms with Crippen molar-refractivity contribution in [3.63, 3.8) is 0 Å². The molecule has 2 heterocycles. The summed E-state index contributed by atoms with van der Waals surface area (Å²) >= 11 is 7.06. The summed E-state index contributed by atoms with van der Waals surface area (Å²) in [7, 11) is 0. The van der Waals surface area contributed by atoms with Crippen LogP contribution in [0.5, 0.6) is 0 Å². The van der Waals surface area contributed by atoms with E-state index < -0.39 is 0 Å². The number of carbonyl (C=O) groups excluding carboxylic acids is 1. The minimum Gasteiger partial charge on any atom is -0.347 e. The van der Waals surface area contributed by atoms with Gasteiger partial charge in [-0.25, -0.2) is 4.68 Å². The number of halogens is 1. The van der Waals surface area contributed by atoms with Crippen molar-refractivity contribution in [3.05, 3.63) is 69.1 Å². The van der Waals surface area contributed by atoms with Gasteiger partial charge in [-0.15, -0.1) is 11.3 Å². The van der Waals surface area contributed by atoms with Crippen LogP contribution in [0.15, 0.2) is 48.8 Å². The Hall–Kier alpha value is -2.62. The SMILES string of the molecule is N#Cc1ccc(-n2cc(CNC(=O)c3ccc(Cl)s3)cn2)cc1. The molecular weight excluding hydrogens is 332 g/mol. The molecule has 3 rings (SSSR count). The van der Waals surface area contributed by atoms with Crippen molar-refractivity contribution < 1.29 is 4.79 Å². The van der Waals surface area contributed by atoms with Gasteiger partial charge < -0.3 is 5.32 Å². The van der Waals surface area contributed by atoms with Crippen LogP contribution >= 0.6 is 22.9 Å². The van der Waals surface area contributed by atoms with Crippen molar-refractivity contribution in [2.24, 2.45) is 0 Å². The second-order valence-electron chi connectivity index (χ2n) is 4.74. The molecule has 1 amide bonds. The average molecular weight is 343 g/mol. The van der Waals surface area contributed by atoms with Crippen LogP contribution in [0.3, 0.4) is 0 Å². The van der Waals surface area contributed by atoms with E-state index >= 15 is 0 Å². The number of rotatable bonds is 4. The molecule has 1 aromatic carbocycles. The van der Waals surface area contributed by atoms with Crippen LogP contribution in [0.4, 0.5) is 0 Å². The van der Waals surface area contributed by atoms with Gasteiger partial charge in [-0.3, -0.25) is 4.79 Å². The number of hydrogen-bond acceptors (Lipinski definition) is 4. The van der Waals surface area contributed by atoms with E-state index in [-0.39, 0.29) is 5.91 Å². The number of nitrogens with zero attached hydrogens (tertiary/aromatic N) is 3. The van der Waals surface area contributed by atoms with Crippen molar-refractivity contribution in [1.29, 1.82) is 5.26 Å². The molecule has 114 valence electrons. The molecule has 0 unspecified atom stereocenters. The smallest absolute Gasteiger partial charge is 0.261 e. The molecule has 0 atom stereocenters. The largest absolute Gasteiger partial charge is 0.347 e. The molecule has 2 aromatic heterocycles. The first kappa shape index (κ1) is 15.3. The van der Waals surface area contributed by atoms with E-state index in [2.05, 4.69) is 16.5 Å². The molecule has 0 saturated carbocycles. The number of hydrogen-bond donors (Lipinski definition) is 1. The van der Waals surface area contributed by atoms with Gasteiger partial charge in [-0.05, 0) is 36.4 Å². The number of carbonyl (C=O) groups is 1. The van der Waals surface area contributed by atoms with Gasteiger partial charge in [0.2, 0.25) is 0 Å². The van der Waals surface area contributed by atoms with Gasteiger partial charge in [0.15, 0.2) is 0 Å². The molecule has 0 aliphatic carbocycles. The summed E-state index contributed by atoms with van der Waals surface area (Å²) in [5.74, 6) is -0.159. The predicted molar refractivity (Wildman–Crippen MR) is 88.8 cm³/mol. The van der Waals surface area contributed by atoms with Crippen molar-refractivity contribution in [1.82, 2.24) is 15.1 Å². The van der Waals surface area contributed by atoms with Crippen LogP contribution in [0.1, 0.15) is 20.8 Å². The lowest BCUT2D eigenvalue weighted by molar-refractivity contribution is 0.0955. The van der Waals surface area contributed by atoms with Gasteiger partial charge in [0, 0.05) is 18.3 Å². The lowest BCUT2D eigenvalue weighted by Gasteiger charge is -2.02. The van der Waals surface area contributed by atoms with Gasteiger partial charge in [0.05, 0.1) is 32.7 Å². The highest BCUT2D eigenvalue weighted by molar-refractivity contribution is 7.17. The highest BCUT2D eigenvalue weighted by atomic mass is 35.5. The van der Waals surface area contributed by atoms with Gasteiger partial charge in [-0.1, -0.05) is 11.6 Å². The second kappa shape index (κ2) is 6.65. The average Bonchev–Trinajstić information content (AvgIpc) is 3.22. The fourth-order valence-corrected chi connectivity index (χ4v) is 2.95. The molecule has 0 radical (unpaired) electrons. The fraction of sp³-hybridized carbons (Fsp3) is 0.0625. The molecule has 23 heavy (non-hydrogen) atoms. The third kappa shape index (κ3) is 3.59. The summed E-state index contributed by atoms with van der Waals surface area (Å²) in [6, 6.07) is 12.6. The van der Waals surface area contributed by atoms with E-state index in [9.17, 15) is 4.79 Å². The number of amides is 1. The van der Waals surface area contributed by atoms with Crippen molar-refractivity contribution in [2.75, 3.05) is 0 Å². The third-order valence-corrected chi connectivity index (χ3v) is 4.38. The minimum absolute atomic E-state index is 0.159. The summed E-state index contributed by atoms with van der Waals surface area (Å²) in [5.41, 5.74) is 2.33. The number of aromatic nitrogens is 2. The Bertz CT molecular complexity index is 876. The quantitative estimate of drug-likeness (QED) is 0.790. The maximum atomic E-state index is 12.0. The van der Waals surface area contributed by atoms with Crippen LogP contribution in [0.25, 0.3) is 5.69 Å². The van der Waals surface area contributed by atoms with E-state index in [0.717, 1.165) is 11.3 Å². The first-order valence-electron chi connectivity index (χ1n) is 6.73. The summed E-state index contributed by atoms with van der Waals surface area (Å²) in [6.45, 7) is 0.380. The Kier molecular flexibility index (Phi) is 4.42. The van der Waals surface area contributed by atoms with Crippen molar-refractivity contribution in [3.8, 4) is 11.8 Å². The molecule has 0 aliphatic heterocycles. The Morgan fingerprint density at radius 2 is 2.09 bits per heavy atom. The number of benzene rings is 1. The first-order chi connectivity index (χ1) is 11.2. The highest BCUT2D eigenvalue weighted by Gasteiger charge is 2.09. The zero-order chi connectivity index (χ0) is 16.2. The molecule has 3 aromatic rings. The molecule has 0 fully saturated rings.